The number of carboxylic acids is 2. The third-order valence-electron chi connectivity index (χ3n) is 9.92. The molecule has 2 aromatic rings. The lowest BCUT2D eigenvalue weighted by atomic mass is 9.78. The number of fused-ring (bicyclic) bond motifs is 2. The van der Waals surface area contributed by atoms with Crippen molar-refractivity contribution in [3.05, 3.63) is 44.9 Å². The summed E-state index contributed by atoms with van der Waals surface area (Å²) in [7, 11) is 0. The number of nitrogens with two attached hydrogens (primary N) is 1. The molecule has 4 heterocycles. The lowest BCUT2D eigenvalue weighted by molar-refractivity contribution is -0.163. The van der Waals surface area contributed by atoms with Gasteiger partial charge >= 0.3 is 18.0 Å². The Bertz CT molecular complexity index is 1840. The number of nitrogens with one attached hydrogen (secondary N) is 1. The second-order valence-corrected chi connectivity index (χ2v) is 13.2. The molecule has 2 amide bonds. The molecule has 2 unspecified atom stereocenters. The molecule has 6 N–H and O–H groups in total. The average Bonchev–Trinajstić information content (AvgIpc) is 3.78. The van der Waals surface area contributed by atoms with Gasteiger partial charge in [0, 0.05) is 23.7 Å². The summed E-state index contributed by atoms with van der Waals surface area (Å²) in [5.74, 6) is -7.75. The molecule has 0 bridgehead atoms. The maximum atomic E-state index is 17.0. The number of hydrogen-bond donors (Lipinski definition) is 5. The van der Waals surface area contributed by atoms with Crippen LogP contribution in [0.25, 0.3) is 10.9 Å². The Morgan fingerprint density at radius 3 is 2.23 bits per heavy atom. The normalized spacial score (nSPS) is 29.5. The number of piperazine rings is 1. The molecule has 16 heteroatoms. The van der Waals surface area contributed by atoms with E-state index >= 15 is 8.78 Å². The van der Waals surface area contributed by atoms with Crippen LogP contribution in [0.3, 0.4) is 0 Å². The second-order valence-electron chi connectivity index (χ2n) is 13.2. The van der Waals surface area contributed by atoms with E-state index in [1.807, 2.05) is 0 Å². The Labute approximate surface area is 266 Å². The molecule has 0 radical (unpaired) electrons. The molecule has 2 saturated heterocycles. The Balaban J connectivity index is 1.49. The van der Waals surface area contributed by atoms with E-state index in [-0.39, 0.29) is 30.4 Å². The van der Waals surface area contributed by atoms with Crippen LogP contribution in [0.4, 0.5) is 25.0 Å². The quantitative estimate of drug-likeness (QED) is 0.165. The van der Waals surface area contributed by atoms with Crippen molar-refractivity contribution in [2.75, 3.05) is 25.4 Å². The molecule has 1 aliphatic carbocycles. The van der Waals surface area contributed by atoms with Crippen LogP contribution < -0.4 is 21.0 Å². The van der Waals surface area contributed by atoms with E-state index in [2.05, 4.69) is 5.32 Å². The van der Waals surface area contributed by atoms with Crippen LogP contribution in [0.15, 0.2) is 22.3 Å². The number of carboxylic acid groups (broad SMARTS) is 2. The van der Waals surface area contributed by atoms with Gasteiger partial charge in [0.05, 0.1) is 46.7 Å². The molecule has 6 rings (SSSR count). The number of aliphatic carboxylic acids is 1. The number of anilines is 1. The van der Waals surface area contributed by atoms with Crippen LogP contribution in [-0.2, 0) is 14.3 Å². The summed E-state index contributed by atoms with van der Waals surface area (Å²) >= 11 is 0. The molecular formula is C31H36F2N5O9+. The molecule has 47 heavy (non-hydrogen) atoms. The molecule has 1 saturated carbocycles. The van der Waals surface area contributed by atoms with Gasteiger partial charge in [0.25, 0.3) is 0 Å². The number of halogens is 2. The van der Waals surface area contributed by atoms with Gasteiger partial charge in [-0.3, -0.25) is 9.59 Å². The number of aromatic carboxylic acids is 1. The molecule has 3 fully saturated rings. The topological polar surface area (TPSA) is 201 Å². The number of nitrogen functional groups attached to an aromatic ring is 1. The Hall–Kier alpha value is -4.41. The van der Waals surface area contributed by atoms with Crippen LogP contribution in [0, 0.1) is 23.5 Å². The van der Waals surface area contributed by atoms with Crippen molar-refractivity contribution in [3.8, 4) is 0 Å². The number of quaternary nitrogens is 1. The maximum Gasteiger partial charge on any atom is 0.521 e. The third-order valence-corrected chi connectivity index (χ3v) is 9.92. The number of amides is 2. The summed E-state index contributed by atoms with van der Waals surface area (Å²) < 4.78 is 39.4. The predicted molar refractivity (Wildman–Crippen MR) is 162 cm³/mol. The molecular weight excluding hydrogens is 624 g/mol. The summed E-state index contributed by atoms with van der Waals surface area (Å²) in [6.07, 6.45) is -0.0868. The summed E-state index contributed by atoms with van der Waals surface area (Å²) in [6.45, 7) is 5.41. The minimum Gasteiger partial charge on any atom is -0.477 e. The van der Waals surface area contributed by atoms with Crippen molar-refractivity contribution in [3.63, 3.8) is 0 Å². The SMILES string of the molecule is CC1C[N+](C(=O)OCC2=C(C(=O)O)N3C(=O)[C@@H]([C@@H](C)O)[C@H]3[C@H]2C)(c2c(F)c(N)c3c(=O)c(C(=O)O)cn(C4CC4)c3c2F)CC(C)N1. The van der Waals surface area contributed by atoms with Crippen molar-refractivity contribution in [1.29, 1.82) is 0 Å². The molecule has 0 spiro atoms. The molecule has 4 aliphatic rings. The summed E-state index contributed by atoms with van der Waals surface area (Å²) in [5, 5.41) is 32.3. The Morgan fingerprint density at radius 1 is 1.09 bits per heavy atom. The summed E-state index contributed by atoms with van der Waals surface area (Å²) in [4.78, 5) is 65.4. The van der Waals surface area contributed by atoms with E-state index in [1.54, 1.807) is 20.8 Å². The number of aliphatic hydroxyl groups is 1. The molecule has 1 aromatic heterocycles. The van der Waals surface area contributed by atoms with Gasteiger partial charge in [-0.05, 0) is 33.6 Å². The molecule has 6 atom stereocenters. The van der Waals surface area contributed by atoms with Gasteiger partial charge in [0.2, 0.25) is 28.7 Å². The van der Waals surface area contributed by atoms with E-state index in [0.717, 1.165) is 11.1 Å². The zero-order chi connectivity index (χ0) is 34.4. The first-order valence-electron chi connectivity index (χ1n) is 15.4. The first-order chi connectivity index (χ1) is 22.0. The number of carbonyl (C=O) groups is 4. The number of benzene rings is 1. The number of β-lactam (4-membered cyclic amide) rings is 1. The number of pyridine rings is 1. The average molecular weight is 661 g/mol. The van der Waals surface area contributed by atoms with Gasteiger partial charge in [-0.2, -0.15) is 18.1 Å². The van der Waals surface area contributed by atoms with E-state index in [4.69, 9.17) is 10.5 Å². The van der Waals surface area contributed by atoms with Crippen molar-refractivity contribution < 1.29 is 48.0 Å². The highest BCUT2D eigenvalue weighted by atomic mass is 19.1. The number of carbonyl (C=O) groups excluding carboxylic acids is 2. The van der Waals surface area contributed by atoms with E-state index < -0.39 is 116 Å². The smallest absolute Gasteiger partial charge is 0.477 e. The van der Waals surface area contributed by atoms with Crippen molar-refractivity contribution >= 4 is 46.2 Å². The highest BCUT2D eigenvalue weighted by Gasteiger charge is 2.60. The highest BCUT2D eigenvalue weighted by molar-refractivity contribution is 6.02. The first kappa shape index (κ1) is 32.5. The van der Waals surface area contributed by atoms with Gasteiger partial charge in [-0.25, -0.2) is 9.59 Å². The molecule has 3 aliphatic heterocycles. The standard InChI is InChI=1S/C31H35F2N5O9/c1-11-8-38(9-12(2)35-11,31(46)47-10-17-13(3)23-18(14(4)39)28(41)37(23)24(17)30(44)45)26-20(32)22(34)19-25(21(26)33)36(15-5-6-15)7-16(27(19)40)29(42)43/h7,11-15,18,23,35,39H,5-6,8-10H2,1-4H3,(H3-,34,40,42,43,44,45)/p+1/t11?,12?,13-,14+,18-,23+,38?/m0/s1. The van der Waals surface area contributed by atoms with E-state index in [0.29, 0.717) is 12.8 Å². The molecule has 252 valence electrons. The van der Waals surface area contributed by atoms with Gasteiger partial charge in [0.15, 0.2) is 0 Å². The largest absolute Gasteiger partial charge is 0.521 e. The second kappa shape index (κ2) is 11.1. The number of ether oxygens (including phenoxy) is 1. The molecule has 14 nitrogen and oxygen atoms in total. The lowest BCUT2D eigenvalue weighted by Crippen LogP contribution is -2.69. The van der Waals surface area contributed by atoms with E-state index in [1.165, 1.54) is 11.5 Å². The highest BCUT2D eigenvalue weighted by Crippen LogP contribution is 2.48. The van der Waals surface area contributed by atoms with Crippen molar-refractivity contribution in [2.24, 2.45) is 11.8 Å². The third kappa shape index (κ3) is 4.71. The number of nitrogens with zero attached hydrogens (tertiary/aromatic N) is 3. The van der Waals surface area contributed by atoms with Crippen LogP contribution in [0.1, 0.15) is 56.9 Å². The van der Waals surface area contributed by atoms with Crippen molar-refractivity contribution in [2.45, 2.75) is 70.8 Å². The van der Waals surface area contributed by atoms with Crippen LogP contribution >= 0.6 is 0 Å². The minimum absolute atomic E-state index is 0.101. The summed E-state index contributed by atoms with van der Waals surface area (Å²) in [5.41, 5.74) is 2.00. The Morgan fingerprint density at radius 2 is 1.70 bits per heavy atom. The number of rotatable bonds is 7. The fourth-order valence-electron chi connectivity index (χ4n) is 7.84. The summed E-state index contributed by atoms with van der Waals surface area (Å²) in [6, 6.07) is -2.04. The van der Waals surface area contributed by atoms with Gasteiger partial charge in [0.1, 0.15) is 31.0 Å². The van der Waals surface area contributed by atoms with Gasteiger partial charge < -0.3 is 40.6 Å². The Kier molecular flexibility index (Phi) is 7.68. The zero-order valence-electron chi connectivity index (χ0n) is 26.1. The van der Waals surface area contributed by atoms with Gasteiger partial charge in [-0.1, -0.05) is 6.92 Å². The van der Waals surface area contributed by atoms with Crippen LogP contribution in [0.5, 0.6) is 0 Å². The maximum absolute atomic E-state index is 17.0. The number of aromatic nitrogens is 1. The zero-order valence-corrected chi connectivity index (χ0v) is 26.1. The van der Waals surface area contributed by atoms with Crippen molar-refractivity contribution in [1.82, 2.24) is 19.3 Å². The molecule has 1 aromatic carbocycles. The van der Waals surface area contributed by atoms with Crippen LogP contribution in [-0.4, -0.2) is 92.7 Å². The number of hydrogen-bond acceptors (Lipinski definition) is 9. The fourth-order valence-corrected chi connectivity index (χ4v) is 7.84. The van der Waals surface area contributed by atoms with Gasteiger partial charge in [-0.15, -0.1) is 0 Å². The lowest BCUT2D eigenvalue weighted by Gasteiger charge is -2.46. The number of aliphatic hydroxyl groups excluding tert-OH is 1. The predicted octanol–water partition coefficient (Wildman–Crippen LogP) is 1.92. The van der Waals surface area contributed by atoms with Crippen LogP contribution in [0.2, 0.25) is 0 Å². The fraction of sp³-hybridized carbons (Fsp3) is 0.516. The monoisotopic (exact) mass is 660 g/mol. The first-order valence-corrected chi connectivity index (χ1v) is 15.4. The minimum atomic E-state index is -1.59. The van der Waals surface area contributed by atoms with E-state index in [9.17, 15) is 39.3 Å².